The molecule has 3 aromatic rings. The van der Waals surface area contributed by atoms with Crippen LogP contribution < -0.4 is 10.5 Å². The van der Waals surface area contributed by atoms with Gasteiger partial charge in [-0.15, -0.1) is 0 Å². The average molecular weight is 396 g/mol. The van der Waals surface area contributed by atoms with Crippen LogP contribution in [-0.4, -0.2) is 51.7 Å². The molecule has 0 N–H and O–H groups in total. The molecule has 0 atom stereocenters. The van der Waals surface area contributed by atoms with Crippen molar-refractivity contribution < 1.29 is 0 Å². The third-order valence-corrected chi connectivity index (χ3v) is 6.21. The summed E-state index contributed by atoms with van der Waals surface area (Å²) in [4.78, 5) is 27.4. The maximum atomic E-state index is 13.1. The summed E-state index contributed by atoms with van der Waals surface area (Å²) in [5.41, 5.74) is 1.37. The van der Waals surface area contributed by atoms with Crippen molar-refractivity contribution in [2.45, 2.75) is 18.9 Å². The van der Waals surface area contributed by atoms with Gasteiger partial charge in [-0.3, -0.25) is 9.36 Å². The lowest BCUT2D eigenvalue weighted by atomic mass is 10.1. The van der Waals surface area contributed by atoms with E-state index in [-0.39, 0.29) is 5.56 Å². The SMILES string of the molecule is Cn1c(-c2cccc(Cl)c2)nc2cnc(N3CCN4CCC3CC4)cc2c1=O. The van der Waals surface area contributed by atoms with E-state index in [1.807, 2.05) is 30.3 Å². The quantitative estimate of drug-likeness (QED) is 0.667. The van der Waals surface area contributed by atoms with Crippen LogP contribution in [0.5, 0.6) is 0 Å². The second kappa shape index (κ2) is 6.87. The maximum Gasteiger partial charge on any atom is 0.261 e. The largest absolute Gasteiger partial charge is 0.352 e. The van der Waals surface area contributed by atoms with Gasteiger partial charge in [0.2, 0.25) is 0 Å². The smallest absolute Gasteiger partial charge is 0.261 e. The number of hydrogen-bond acceptors (Lipinski definition) is 5. The molecule has 3 saturated heterocycles. The van der Waals surface area contributed by atoms with E-state index in [0.717, 1.165) is 50.4 Å². The Morgan fingerprint density at radius 3 is 2.71 bits per heavy atom. The van der Waals surface area contributed by atoms with Gasteiger partial charge >= 0.3 is 0 Å². The lowest BCUT2D eigenvalue weighted by Crippen LogP contribution is -2.38. The molecule has 2 bridgehead atoms. The average Bonchev–Trinajstić information content (AvgIpc) is 3.04. The molecule has 6 rings (SSSR count). The number of pyridine rings is 1. The van der Waals surface area contributed by atoms with Crippen molar-refractivity contribution in [3.63, 3.8) is 0 Å². The topological polar surface area (TPSA) is 54.3 Å². The van der Waals surface area contributed by atoms with Crippen molar-refractivity contribution in [3.8, 4) is 11.4 Å². The van der Waals surface area contributed by atoms with Crippen molar-refractivity contribution >= 4 is 28.3 Å². The molecule has 3 fully saturated rings. The Kier molecular flexibility index (Phi) is 4.33. The first-order valence-corrected chi connectivity index (χ1v) is 10.1. The van der Waals surface area contributed by atoms with Crippen LogP contribution in [0.1, 0.15) is 12.8 Å². The Labute approximate surface area is 168 Å². The van der Waals surface area contributed by atoms with Crippen LogP contribution in [0.2, 0.25) is 5.02 Å². The molecule has 0 unspecified atom stereocenters. The third-order valence-electron chi connectivity index (χ3n) is 5.98. The minimum absolute atomic E-state index is 0.0634. The Morgan fingerprint density at radius 1 is 1.11 bits per heavy atom. The molecule has 0 radical (unpaired) electrons. The van der Waals surface area contributed by atoms with E-state index in [1.54, 1.807) is 17.8 Å². The van der Waals surface area contributed by atoms with Gasteiger partial charge in [-0.25, -0.2) is 9.97 Å². The fourth-order valence-corrected chi connectivity index (χ4v) is 4.58. The van der Waals surface area contributed by atoms with Gasteiger partial charge in [0.05, 0.1) is 17.1 Å². The number of nitrogens with zero attached hydrogens (tertiary/aromatic N) is 5. The molecule has 0 saturated carbocycles. The molecule has 3 aliphatic heterocycles. The maximum absolute atomic E-state index is 13.1. The summed E-state index contributed by atoms with van der Waals surface area (Å²) in [5.74, 6) is 1.48. The number of anilines is 1. The first-order valence-electron chi connectivity index (χ1n) is 9.72. The van der Waals surface area contributed by atoms with E-state index in [2.05, 4.69) is 14.8 Å². The summed E-state index contributed by atoms with van der Waals surface area (Å²) in [7, 11) is 1.76. The van der Waals surface area contributed by atoms with Crippen molar-refractivity contribution in [1.29, 1.82) is 0 Å². The Hall–Kier alpha value is -2.44. The van der Waals surface area contributed by atoms with Crippen molar-refractivity contribution in [1.82, 2.24) is 19.4 Å². The zero-order valence-corrected chi connectivity index (χ0v) is 16.6. The van der Waals surface area contributed by atoms with Crippen molar-refractivity contribution in [2.75, 3.05) is 31.1 Å². The molecule has 0 aliphatic carbocycles. The second-order valence-corrected chi connectivity index (χ2v) is 8.07. The van der Waals surface area contributed by atoms with Crippen LogP contribution in [0.3, 0.4) is 0 Å². The van der Waals surface area contributed by atoms with Gasteiger partial charge in [-0.2, -0.15) is 0 Å². The van der Waals surface area contributed by atoms with Crippen LogP contribution in [-0.2, 0) is 7.05 Å². The second-order valence-electron chi connectivity index (χ2n) is 7.64. The van der Waals surface area contributed by atoms with Gasteiger partial charge in [-0.1, -0.05) is 23.7 Å². The molecular formula is C21H22ClN5O. The number of piperidine rings is 1. The van der Waals surface area contributed by atoms with Gasteiger partial charge in [0, 0.05) is 49.9 Å². The van der Waals surface area contributed by atoms with Crippen LogP contribution in [0, 0.1) is 0 Å². The Balaban J connectivity index is 1.60. The number of hydrogen-bond donors (Lipinski definition) is 0. The van der Waals surface area contributed by atoms with E-state index in [9.17, 15) is 4.79 Å². The highest BCUT2D eigenvalue weighted by Gasteiger charge is 2.30. The highest BCUT2D eigenvalue weighted by atomic mass is 35.5. The molecule has 1 aromatic carbocycles. The zero-order chi connectivity index (χ0) is 19.3. The molecule has 3 aliphatic rings. The molecule has 0 amide bonds. The summed E-state index contributed by atoms with van der Waals surface area (Å²) in [6, 6.07) is 9.82. The third kappa shape index (κ3) is 2.97. The van der Waals surface area contributed by atoms with E-state index in [1.165, 1.54) is 0 Å². The first kappa shape index (κ1) is 17.6. The number of fused-ring (bicyclic) bond motifs is 5. The molecule has 2 aromatic heterocycles. The normalized spacial score (nSPS) is 21.9. The summed E-state index contributed by atoms with van der Waals surface area (Å²) in [5, 5.41) is 1.23. The molecule has 5 heterocycles. The predicted octanol–water partition coefficient (Wildman–Crippen LogP) is 2.93. The predicted molar refractivity (Wildman–Crippen MR) is 112 cm³/mol. The summed E-state index contributed by atoms with van der Waals surface area (Å²) in [6.45, 7) is 4.32. The standard InChI is InChI=1S/C21H22ClN5O/c1-25-20(14-3-2-4-15(22)11-14)24-18-13-23-19(12-17(18)21(25)28)27-10-9-26-7-5-16(27)6-8-26/h2-4,11-13,16H,5-10H2,1H3. The van der Waals surface area contributed by atoms with Gasteiger partial charge in [0.25, 0.3) is 5.56 Å². The van der Waals surface area contributed by atoms with Crippen molar-refractivity contribution in [2.24, 2.45) is 7.05 Å². The first-order chi connectivity index (χ1) is 13.6. The highest BCUT2D eigenvalue weighted by Crippen LogP contribution is 2.27. The van der Waals surface area contributed by atoms with Crippen LogP contribution in [0.4, 0.5) is 5.82 Å². The lowest BCUT2D eigenvalue weighted by Gasteiger charge is -2.32. The number of rotatable bonds is 2. The number of aromatic nitrogens is 3. The van der Waals surface area contributed by atoms with E-state index >= 15 is 0 Å². The minimum Gasteiger partial charge on any atom is -0.352 e. The highest BCUT2D eigenvalue weighted by molar-refractivity contribution is 6.30. The fraction of sp³-hybridized carbons (Fsp3) is 0.381. The van der Waals surface area contributed by atoms with Crippen LogP contribution in [0.25, 0.3) is 22.3 Å². The van der Waals surface area contributed by atoms with Gasteiger partial charge in [-0.05, 0) is 31.0 Å². The summed E-state index contributed by atoms with van der Waals surface area (Å²) < 4.78 is 1.59. The zero-order valence-electron chi connectivity index (χ0n) is 15.8. The molecule has 28 heavy (non-hydrogen) atoms. The number of halogens is 1. The van der Waals surface area contributed by atoms with Crippen LogP contribution >= 0.6 is 11.6 Å². The summed E-state index contributed by atoms with van der Waals surface area (Å²) in [6.07, 6.45) is 4.05. The molecule has 7 heteroatoms. The van der Waals surface area contributed by atoms with E-state index in [0.29, 0.717) is 27.8 Å². The van der Waals surface area contributed by atoms with E-state index in [4.69, 9.17) is 16.6 Å². The lowest BCUT2D eigenvalue weighted by molar-refractivity contribution is 0.250. The summed E-state index contributed by atoms with van der Waals surface area (Å²) >= 11 is 6.12. The Morgan fingerprint density at radius 2 is 1.93 bits per heavy atom. The van der Waals surface area contributed by atoms with Crippen LogP contribution in [0.15, 0.2) is 41.3 Å². The monoisotopic (exact) mass is 395 g/mol. The van der Waals surface area contributed by atoms with Crippen molar-refractivity contribution in [3.05, 3.63) is 51.9 Å². The Bertz CT molecular complexity index is 1100. The molecular weight excluding hydrogens is 374 g/mol. The van der Waals surface area contributed by atoms with E-state index < -0.39 is 0 Å². The number of benzene rings is 1. The fourth-order valence-electron chi connectivity index (χ4n) is 4.39. The minimum atomic E-state index is -0.0634. The van der Waals surface area contributed by atoms with Gasteiger partial charge in [0.15, 0.2) is 0 Å². The van der Waals surface area contributed by atoms with Gasteiger partial charge < -0.3 is 9.80 Å². The molecule has 6 nitrogen and oxygen atoms in total. The molecule has 144 valence electrons. The molecule has 0 spiro atoms. The van der Waals surface area contributed by atoms with Gasteiger partial charge in [0.1, 0.15) is 11.6 Å².